The minimum absolute atomic E-state index is 0.121. The number of hydrogen-bond acceptors (Lipinski definition) is 3. The average Bonchev–Trinajstić information content (AvgIpc) is 2.97. The Morgan fingerprint density at radius 3 is 2.96 bits per heavy atom. The van der Waals surface area contributed by atoms with E-state index in [-0.39, 0.29) is 5.91 Å². The van der Waals surface area contributed by atoms with Crippen molar-refractivity contribution in [3.63, 3.8) is 0 Å². The third-order valence-electron chi connectivity index (χ3n) is 3.72. The summed E-state index contributed by atoms with van der Waals surface area (Å²) in [7, 11) is 1.60. The number of methoxy groups -OCH3 is 1. The van der Waals surface area contributed by atoms with Crippen LogP contribution in [0.3, 0.4) is 0 Å². The molecule has 0 aliphatic carbocycles. The van der Waals surface area contributed by atoms with Crippen LogP contribution in [0.4, 0.5) is 0 Å². The van der Waals surface area contributed by atoms with Crippen molar-refractivity contribution >= 4 is 28.4 Å². The zero-order chi connectivity index (χ0) is 16.9. The van der Waals surface area contributed by atoms with Gasteiger partial charge in [0, 0.05) is 29.6 Å². The molecular formula is C18H18ClN3O2. The third kappa shape index (κ3) is 3.75. The van der Waals surface area contributed by atoms with Gasteiger partial charge in [-0.15, -0.1) is 0 Å². The van der Waals surface area contributed by atoms with Crippen molar-refractivity contribution < 1.29 is 9.53 Å². The highest BCUT2D eigenvalue weighted by atomic mass is 35.5. The Hall–Kier alpha value is -2.37. The summed E-state index contributed by atoms with van der Waals surface area (Å²) in [6, 6.07) is 13.2. The van der Waals surface area contributed by atoms with Crippen molar-refractivity contribution in [3.05, 3.63) is 64.8 Å². The zero-order valence-corrected chi connectivity index (χ0v) is 14.1. The quantitative estimate of drug-likeness (QED) is 0.700. The number of nitrogens with zero attached hydrogens (tertiary/aromatic N) is 2. The van der Waals surface area contributed by atoms with E-state index in [1.165, 1.54) is 0 Å². The number of amides is 1. The molecule has 0 aliphatic rings. The van der Waals surface area contributed by atoms with Crippen molar-refractivity contribution in [2.24, 2.45) is 0 Å². The highest BCUT2D eigenvalue weighted by Gasteiger charge is 2.09. The first kappa shape index (κ1) is 16.5. The van der Waals surface area contributed by atoms with Gasteiger partial charge in [0.15, 0.2) is 0 Å². The smallest absolute Gasteiger partial charge is 0.251 e. The largest absolute Gasteiger partial charge is 0.383 e. The first-order valence-corrected chi connectivity index (χ1v) is 8.02. The Balaban J connectivity index is 1.84. The summed E-state index contributed by atoms with van der Waals surface area (Å²) >= 11 is 6.04. The summed E-state index contributed by atoms with van der Waals surface area (Å²) in [5.74, 6) is -0.121. The van der Waals surface area contributed by atoms with Gasteiger partial charge in [-0.3, -0.25) is 9.48 Å². The van der Waals surface area contributed by atoms with Gasteiger partial charge in [0.1, 0.15) is 0 Å². The Kier molecular flexibility index (Phi) is 5.13. The molecule has 0 unspecified atom stereocenters. The number of nitrogens with one attached hydrogen (secondary N) is 1. The number of halogens is 1. The van der Waals surface area contributed by atoms with Crippen LogP contribution in [0.5, 0.6) is 0 Å². The van der Waals surface area contributed by atoms with Crippen molar-refractivity contribution in [3.8, 4) is 0 Å². The van der Waals surface area contributed by atoms with E-state index in [1.807, 2.05) is 41.1 Å². The fourth-order valence-corrected chi connectivity index (χ4v) is 2.73. The van der Waals surface area contributed by atoms with E-state index >= 15 is 0 Å². The van der Waals surface area contributed by atoms with Crippen LogP contribution in [0, 0.1) is 0 Å². The zero-order valence-electron chi connectivity index (χ0n) is 13.3. The molecule has 1 heterocycles. The van der Waals surface area contributed by atoms with Crippen LogP contribution in [-0.2, 0) is 11.3 Å². The van der Waals surface area contributed by atoms with Crippen molar-refractivity contribution in [1.29, 1.82) is 0 Å². The van der Waals surface area contributed by atoms with Crippen molar-refractivity contribution in [2.45, 2.75) is 6.54 Å². The summed E-state index contributed by atoms with van der Waals surface area (Å²) < 4.78 is 6.81. The first-order chi connectivity index (χ1) is 11.7. The van der Waals surface area contributed by atoms with Crippen molar-refractivity contribution in [2.75, 3.05) is 20.3 Å². The number of aromatic nitrogens is 2. The van der Waals surface area contributed by atoms with Gasteiger partial charge >= 0.3 is 0 Å². The number of rotatable bonds is 6. The average molecular weight is 344 g/mol. The molecule has 0 bridgehead atoms. The molecule has 5 nitrogen and oxygen atoms in total. The molecule has 3 aromatic rings. The molecule has 1 N–H and O–H groups in total. The Bertz CT molecular complexity index is 860. The Morgan fingerprint density at radius 2 is 2.17 bits per heavy atom. The van der Waals surface area contributed by atoms with E-state index in [9.17, 15) is 4.79 Å². The second kappa shape index (κ2) is 7.47. The summed E-state index contributed by atoms with van der Waals surface area (Å²) in [5.41, 5.74) is 2.57. The molecule has 24 heavy (non-hydrogen) atoms. The molecule has 1 aromatic heterocycles. The molecule has 6 heteroatoms. The van der Waals surface area contributed by atoms with Gasteiger partial charge in [-0.1, -0.05) is 29.8 Å². The van der Waals surface area contributed by atoms with Crippen LogP contribution in [-0.4, -0.2) is 35.9 Å². The third-order valence-corrected chi connectivity index (χ3v) is 3.96. The number of ether oxygens (including phenoxy) is 1. The topological polar surface area (TPSA) is 56.1 Å². The highest BCUT2D eigenvalue weighted by molar-refractivity contribution is 6.30. The van der Waals surface area contributed by atoms with Gasteiger partial charge in [0.25, 0.3) is 5.91 Å². The monoisotopic (exact) mass is 343 g/mol. The predicted molar refractivity (Wildman–Crippen MR) is 94.5 cm³/mol. The van der Waals surface area contributed by atoms with E-state index in [2.05, 4.69) is 10.4 Å². The number of benzene rings is 2. The highest BCUT2D eigenvalue weighted by Crippen LogP contribution is 2.18. The van der Waals surface area contributed by atoms with Crippen LogP contribution >= 0.6 is 11.6 Å². The molecule has 0 fully saturated rings. The lowest BCUT2D eigenvalue weighted by atomic mass is 10.1. The number of carbonyl (C=O) groups excluding carboxylic acids is 1. The predicted octanol–water partition coefficient (Wildman–Crippen LogP) is 3.11. The van der Waals surface area contributed by atoms with Crippen molar-refractivity contribution in [1.82, 2.24) is 15.1 Å². The van der Waals surface area contributed by atoms with Crippen LogP contribution in [0.1, 0.15) is 15.9 Å². The van der Waals surface area contributed by atoms with Gasteiger partial charge in [0.2, 0.25) is 0 Å². The molecule has 1 amide bonds. The van der Waals surface area contributed by atoms with Gasteiger partial charge in [-0.05, 0) is 29.8 Å². The fraction of sp³-hybridized carbons (Fsp3) is 0.222. The lowest BCUT2D eigenvalue weighted by Crippen LogP contribution is -2.26. The maximum atomic E-state index is 12.2. The minimum atomic E-state index is -0.121. The van der Waals surface area contributed by atoms with E-state index < -0.39 is 0 Å². The molecule has 0 spiro atoms. The Labute approximate surface area is 145 Å². The molecular weight excluding hydrogens is 326 g/mol. The standard InChI is InChI=1S/C18H18ClN3O2/c1-24-8-7-20-18(23)14-5-6-15-11-21-22(17(15)10-14)12-13-3-2-4-16(19)9-13/h2-6,9-11H,7-8,12H2,1H3,(H,20,23). The van der Waals surface area contributed by atoms with Crippen LogP contribution in [0.2, 0.25) is 5.02 Å². The normalized spacial score (nSPS) is 10.9. The lowest BCUT2D eigenvalue weighted by Gasteiger charge is -2.07. The molecule has 0 saturated carbocycles. The molecule has 0 radical (unpaired) electrons. The molecule has 3 rings (SSSR count). The van der Waals surface area contributed by atoms with Crippen LogP contribution in [0.25, 0.3) is 10.9 Å². The second-order valence-electron chi connectivity index (χ2n) is 5.45. The summed E-state index contributed by atoms with van der Waals surface area (Å²) in [6.07, 6.45) is 1.80. The van der Waals surface area contributed by atoms with E-state index in [0.29, 0.717) is 30.3 Å². The second-order valence-corrected chi connectivity index (χ2v) is 5.89. The Morgan fingerprint density at radius 1 is 1.29 bits per heavy atom. The first-order valence-electron chi connectivity index (χ1n) is 7.64. The summed E-state index contributed by atoms with van der Waals surface area (Å²) in [5, 5.41) is 8.93. The van der Waals surface area contributed by atoms with Crippen LogP contribution in [0.15, 0.2) is 48.7 Å². The minimum Gasteiger partial charge on any atom is -0.383 e. The maximum absolute atomic E-state index is 12.2. The molecule has 2 aromatic carbocycles. The van der Waals surface area contributed by atoms with E-state index in [0.717, 1.165) is 16.5 Å². The van der Waals surface area contributed by atoms with E-state index in [4.69, 9.17) is 16.3 Å². The van der Waals surface area contributed by atoms with Gasteiger partial charge in [-0.2, -0.15) is 5.10 Å². The van der Waals surface area contributed by atoms with Gasteiger partial charge in [-0.25, -0.2) is 0 Å². The number of carbonyl (C=O) groups is 1. The van der Waals surface area contributed by atoms with Gasteiger partial charge < -0.3 is 10.1 Å². The molecule has 0 saturated heterocycles. The molecule has 124 valence electrons. The molecule has 0 atom stereocenters. The lowest BCUT2D eigenvalue weighted by molar-refractivity contribution is 0.0937. The summed E-state index contributed by atoms with van der Waals surface area (Å²) in [4.78, 5) is 12.2. The maximum Gasteiger partial charge on any atom is 0.251 e. The van der Waals surface area contributed by atoms with E-state index in [1.54, 1.807) is 19.4 Å². The summed E-state index contributed by atoms with van der Waals surface area (Å²) in [6.45, 7) is 1.56. The molecule has 0 aliphatic heterocycles. The van der Waals surface area contributed by atoms with Gasteiger partial charge in [0.05, 0.1) is 24.9 Å². The fourth-order valence-electron chi connectivity index (χ4n) is 2.51. The van der Waals surface area contributed by atoms with Crippen LogP contribution < -0.4 is 5.32 Å². The number of fused-ring (bicyclic) bond motifs is 1. The number of hydrogen-bond donors (Lipinski definition) is 1. The SMILES string of the molecule is COCCNC(=O)c1ccc2cnn(Cc3cccc(Cl)c3)c2c1.